The second-order valence-electron chi connectivity index (χ2n) is 8.00. The Bertz CT molecular complexity index is 654. The minimum Gasteiger partial charge on any atom is -0.487 e. The second-order valence-corrected chi connectivity index (χ2v) is 8.00. The van der Waals surface area contributed by atoms with Gasteiger partial charge in [0.15, 0.2) is 5.96 Å². The molecule has 150 valence electrons. The maximum absolute atomic E-state index is 6.15. The molecule has 2 heterocycles. The SMILES string of the molecule is CCNC(=NCC1(OC)CCOCC1)NC1CC(C)(C)Oc2ccccc21. The molecule has 2 N–H and O–H groups in total. The number of aliphatic imine (C=N–C) groups is 1. The molecule has 2 aliphatic heterocycles. The summed E-state index contributed by atoms with van der Waals surface area (Å²) in [7, 11) is 1.78. The highest BCUT2D eigenvalue weighted by Gasteiger charge is 2.35. The van der Waals surface area contributed by atoms with E-state index >= 15 is 0 Å². The Hall–Kier alpha value is -1.79. The van der Waals surface area contributed by atoms with E-state index in [1.54, 1.807) is 7.11 Å². The summed E-state index contributed by atoms with van der Waals surface area (Å²) in [6.07, 6.45) is 2.62. The standard InChI is InChI=1S/C21H33N3O3/c1-5-22-19(23-15-21(25-4)10-12-26-13-11-21)24-17-14-20(2,3)27-18-9-7-6-8-16(17)18/h6-9,17H,5,10-15H2,1-4H3,(H2,22,23,24). The summed E-state index contributed by atoms with van der Waals surface area (Å²) >= 11 is 0. The van der Waals surface area contributed by atoms with Gasteiger partial charge in [0.25, 0.3) is 0 Å². The summed E-state index contributed by atoms with van der Waals surface area (Å²) in [5, 5.41) is 7.00. The van der Waals surface area contributed by atoms with Crippen LogP contribution in [0.5, 0.6) is 5.75 Å². The molecule has 1 saturated heterocycles. The molecule has 2 aliphatic rings. The highest BCUT2D eigenvalue weighted by atomic mass is 16.5. The number of hydrogen-bond donors (Lipinski definition) is 2. The Morgan fingerprint density at radius 3 is 2.70 bits per heavy atom. The van der Waals surface area contributed by atoms with E-state index in [1.165, 1.54) is 5.56 Å². The number of hydrogen-bond acceptors (Lipinski definition) is 4. The highest BCUT2D eigenvalue weighted by molar-refractivity contribution is 5.80. The van der Waals surface area contributed by atoms with Gasteiger partial charge in [-0.2, -0.15) is 0 Å². The van der Waals surface area contributed by atoms with Gasteiger partial charge in [0.1, 0.15) is 11.4 Å². The zero-order chi connectivity index (χ0) is 19.3. The van der Waals surface area contributed by atoms with Crippen LogP contribution < -0.4 is 15.4 Å². The summed E-state index contributed by atoms with van der Waals surface area (Å²) in [4.78, 5) is 4.87. The number of benzene rings is 1. The fourth-order valence-electron chi connectivity index (χ4n) is 3.81. The van der Waals surface area contributed by atoms with Gasteiger partial charge >= 0.3 is 0 Å². The number of para-hydroxylation sites is 1. The number of guanidine groups is 1. The molecule has 0 radical (unpaired) electrons. The van der Waals surface area contributed by atoms with E-state index in [2.05, 4.69) is 43.5 Å². The van der Waals surface area contributed by atoms with Crippen LogP contribution in [0.4, 0.5) is 0 Å². The van der Waals surface area contributed by atoms with Crippen LogP contribution in [0.3, 0.4) is 0 Å². The first kappa shape index (κ1) is 20.0. The van der Waals surface area contributed by atoms with Crippen LogP contribution in [0.2, 0.25) is 0 Å². The van der Waals surface area contributed by atoms with Crippen LogP contribution in [0.15, 0.2) is 29.3 Å². The van der Waals surface area contributed by atoms with Crippen molar-refractivity contribution in [3.63, 3.8) is 0 Å². The van der Waals surface area contributed by atoms with E-state index in [0.717, 1.165) is 50.7 Å². The van der Waals surface area contributed by atoms with Crippen LogP contribution in [0.1, 0.15) is 51.6 Å². The Labute approximate surface area is 162 Å². The lowest BCUT2D eigenvalue weighted by Gasteiger charge is -2.38. The largest absolute Gasteiger partial charge is 0.487 e. The first-order valence-corrected chi connectivity index (χ1v) is 9.93. The van der Waals surface area contributed by atoms with Gasteiger partial charge in [-0.25, -0.2) is 0 Å². The third-order valence-corrected chi connectivity index (χ3v) is 5.39. The summed E-state index contributed by atoms with van der Waals surface area (Å²) in [6.45, 7) is 9.23. The molecular formula is C21H33N3O3. The van der Waals surface area contributed by atoms with Gasteiger partial charge in [-0.1, -0.05) is 18.2 Å². The van der Waals surface area contributed by atoms with Gasteiger partial charge in [0.05, 0.1) is 18.2 Å². The molecule has 1 fully saturated rings. The summed E-state index contributed by atoms with van der Waals surface area (Å²) in [6, 6.07) is 8.39. The van der Waals surface area contributed by atoms with Gasteiger partial charge in [-0.05, 0) is 26.8 Å². The van der Waals surface area contributed by atoms with Crippen molar-refractivity contribution >= 4 is 5.96 Å². The second kappa shape index (κ2) is 8.48. The predicted octanol–water partition coefficient (Wildman–Crippen LogP) is 3.04. The zero-order valence-electron chi connectivity index (χ0n) is 17.0. The number of ether oxygens (including phenoxy) is 3. The molecular weight excluding hydrogens is 342 g/mol. The quantitative estimate of drug-likeness (QED) is 0.612. The van der Waals surface area contributed by atoms with Gasteiger partial charge in [0, 0.05) is 51.7 Å². The van der Waals surface area contributed by atoms with Gasteiger partial charge in [-0.15, -0.1) is 0 Å². The first-order chi connectivity index (χ1) is 13.0. The molecule has 3 rings (SSSR count). The molecule has 6 heteroatoms. The molecule has 0 aromatic heterocycles. The summed E-state index contributed by atoms with van der Waals surface area (Å²) in [5.74, 6) is 1.76. The molecule has 0 saturated carbocycles. The van der Waals surface area contributed by atoms with Crippen molar-refractivity contribution in [1.82, 2.24) is 10.6 Å². The molecule has 1 aromatic rings. The lowest BCUT2D eigenvalue weighted by molar-refractivity contribution is -0.0829. The number of methoxy groups -OCH3 is 1. The fraction of sp³-hybridized carbons (Fsp3) is 0.667. The van der Waals surface area contributed by atoms with Crippen molar-refractivity contribution in [3.8, 4) is 5.75 Å². The van der Waals surface area contributed by atoms with E-state index in [9.17, 15) is 0 Å². The molecule has 27 heavy (non-hydrogen) atoms. The monoisotopic (exact) mass is 375 g/mol. The maximum Gasteiger partial charge on any atom is 0.191 e. The smallest absolute Gasteiger partial charge is 0.191 e. The van der Waals surface area contributed by atoms with Crippen LogP contribution in [-0.2, 0) is 9.47 Å². The minimum absolute atomic E-state index is 0.149. The van der Waals surface area contributed by atoms with Crippen molar-refractivity contribution < 1.29 is 14.2 Å². The van der Waals surface area contributed by atoms with Crippen LogP contribution >= 0.6 is 0 Å². The van der Waals surface area contributed by atoms with Crippen molar-refractivity contribution in [1.29, 1.82) is 0 Å². The lowest BCUT2D eigenvalue weighted by Crippen LogP contribution is -2.47. The average molecular weight is 376 g/mol. The van der Waals surface area contributed by atoms with Gasteiger partial charge in [0.2, 0.25) is 0 Å². The van der Waals surface area contributed by atoms with Crippen molar-refractivity contribution in [2.45, 2.75) is 57.3 Å². The van der Waals surface area contributed by atoms with Crippen molar-refractivity contribution in [2.75, 3.05) is 33.4 Å². The topological polar surface area (TPSA) is 64.1 Å². The third kappa shape index (κ3) is 4.93. The Kier molecular flexibility index (Phi) is 6.27. The Balaban J connectivity index is 1.77. The van der Waals surface area contributed by atoms with E-state index in [4.69, 9.17) is 19.2 Å². The predicted molar refractivity (Wildman–Crippen MR) is 107 cm³/mol. The van der Waals surface area contributed by atoms with Crippen molar-refractivity contribution in [2.24, 2.45) is 4.99 Å². The van der Waals surface area contributed by atoms with Gasteiger partial charge < -0.3 is 24.8 Å². The molecule has 0 amide bonds. The number of fused-ring (bicyclic) bond motifs is 1. The Morgan fingerprint density at radius 1 is 1.26 bits per heavy atom. The molecule has 6 nitrogen and oxygen atoms in total. The number of nitrogens with one attached hydrogen (secondary N) is 2. The molecule has 0 aliphatic carbocycles. The summed E-state index contributed by atoms with van der Waals surface area (Å²) < 4.78 is 17.5. The van der Waals surface area contributed by atoms with Crippen molar-refractivity contribution in [3.05, 3.63) is 29.8 Å². The first-order valence-electron chi connectivity index (χ1n) is 9.93. The van der Waals surface area contributed by atoms with E-state index in [-0.39, 0.29) is 17.2 Å². The van der Waals surface area contributed by atoms with Crippen LogP contribution in [0, 0.1) is 0 Å². The zero-order valence-corrected chi connectivity index (χ0v) is 17.0. The lowest BCUT2D eigenvalue weighted by atomic mass is 9.90. The average Bonchev–Trinajstić information content (AvgIpc) is 2.66. The van der Waals surface area contributed by atoms with Crippen LogP contribution in [-0.4, -0.2) is 50.6 Å². The fourth-order valence-corrected chi connectivity index (χ4v) is 3.81. The molecule has 1 aromatic carbocycles. The van der Waals surface area contributed by atoms with Gasteiger partial charge in [-0.3, -0.25) is 4.99 Å². The van der Waals surface area contributed by atoms with Crippen LogP contribution in [0.25, 0.3) is 0 Å². The van der Waals surface area contributed by atoms with E-state index < -0.39 is 0 Å². The Morgan fingerprint density at radius 2 is 2.00 bits per heavy atom. The third-order valence-electron chi connectivity index (χ3n) is 5.39. The molecule has 0 spiro atoms. The highest BCUT2D eigenvalue weighted by Crippen LogP contribution is 2.39. The minimum atomic E-state index is -0.229. The molecule has 1 atom stereocenters. The maximum atomic E-state index is 6.15. The molecule has 1 unspecified atom stereocenters. The summed E-state index contributed by atoms with van der Waals surface area (Å²) in [5.41, 5.74) is 0.723. The van der Waals surface area contributed by atoms with E-state index in [1.807, 2.05) is 12.1 Å². The normalized spacial score (nSPS) is 23.9. The number of nitrogens with zero attached hydrogens (tertiary/aromatic N) is 1. The molecule has 0 bridgehead atoms. The van der Waals surface area contributed by atoms with E-state index in [0.29, 0.717) is 6.54 Å². The number of rotatable bonds is 5.